The van der Waals surface area contributed by atoms with E-state index in [-0.39, 0.29) is 105 Å². The maximum atomic E-state index is 12.5. The lowest BCUT2D eigenvalue weighted by Crippen LogP contribution is -2.58. The number of rotatable bonds is 35. The number of ether oxygens (including phenoxy) is 15. The summed E-state index contributed by atoms with van der Waals surface area (Å²) in [4.78, 5) is 151. The average molecular weight is 1330 g/mol. The molecule has 3 aliphatic rings. The predicted octanol–water partition coefficient (Wildman–Crippen LogP) is 4.20. The largest absolute Gasteiger partial charge is 0.465 e. The zero-order valence-electron chi connectivity index (χ0n) is 52.1. The van der Waals surface area contributed by atoms with Crippen molar-refractivity contribution < 1.29 is 129 Å². The summed E-state index contributed by atoms with van der Waals surface area (Å²) < 4.78 is 85.8. The van der Waals surface area contributed by atoms with Gasteiger partial charge in [0.15, 0.2) is 54.9 Å². The molecule has 0 unspecified atom stereocenters. The molecule has 0 aromatic heterocycles. The van der Waals surface area contributed by atoms with E-state index in [1.54, 1.807) is 0 Å². The number of carbonyl (C=O) groups excluding carboxylic acids is 12. The summed E-state index contributed by atoms with van der Waals surface area (Å²) in [6.45, 7) is 12.5. The van der Waals surface area contributed by atoms with Crippen LogP contribution in [-0.2, 0) is 129 Å². The normalized spacial score (nSPS) is 26.4. The molecule has 89 heavy (non-hydrogen) atoms. The van der Waals surface area contributed by atoms with E-state index < -0.39 is 163 Å². The van der Waals surface area contributed by atoms with Crippen molar-refractivity contribution in [2.24, 2.45) is 10.5 Å². The van der Waals surface area contributed by atoms with Crippen molar-refractivity contribution in [1.82, 2.24) is 0 Å². The Morgan fingerprint density at radius 3 is 0.753 bits per heavy atom. The van der Waals surface area contributed by atoms with Crippen molar-refractivity contribution in [1.29, 1.82) is 0 Å². The van der Waals surface area contributed by atoms with Gasteiger partial charge in [-0.05, 0) is 44.1 Å². The number of azide groups is 1. The second-order valence-corrected chi connectivity index (χ2v) is 25.6. The Labute approximate surface area is 528 Å². The Morgan fingerprint density at radius 1 is 0.337 bits per heavy atom. The van der Waals surface area contributed by atoms with Gasteiger partial charge in [0, 0.05) is 136 Å². The van der Waals surface area contributed by atoms with E-state index in [1.165, 1.54) is 56.1 Å². The van der Waals surface area contributed by atoms with Crippen LogP contribution in [0.5, 0.6) is 0 Å². The molecule has 3 fully saturated rings. The van der Waals surface area contributed by atoms with Crippen molar-refractivity contribution in [3.8, 4) is 0 Å². The molecule has 0 aromatic rings. The van der Waals surface area contributed by atoms with Crippen molar-refractivity contribution in [2.75, 3.05) is 66.0 Å². The minimum Gasteiger partial charge on any atom is -0.465 e. The fourth-order valence-corrected chi connectivity index (χ4v) is 15.0. The molecule has 0 aliphatic carbocycles. The van der Waals surface area contributed by atoms with Crippen LogP contribution in [0, 0.1) is 5.41 Å². The summed E-state index contributed by atoms with van der Waals surface area (Å²) in [5, 5.41) is -0.292. The van der Waals surface area contributed by atoms with Gasteiger partial charge in [-0.15, -0.1) is 35.3 Å². The molecule has 3 heterocycles. The zero-order valence-corrected chi connectivity index (χ0v) is 54.5. The molecule has 0 saturated carbocycles. The van der Waals surface area contributed by atoms with Gasteiger partial charge in [-0.1, -0.05) is 5.11 Å². The van der Waals surface area contributed by atoms with E-state index in [0.29, 0.717) is 0 Å². The van der Waals surface area contributed by atoms with E-state index >= 15 is 0 Å². The fourth-order valence-electron chi connectivity index (χ4n) is 10.1. The molecular formula is C56H83N3O27S3. The molecule has 0 radical (unpaired) electrons. The van der Waals surface area contributed by atoms with Crippen LogP contribution in [0.25, 0.3) is 10.4 Å². The molecule has 30 nitrogen and oxygen atoms in total. The molecule has 0 N–H and O–H groups in total. The lowest BCUT2D eigenvalue weighted by atomic mass is 9.91. The van der Waals surface area contributed by atoms with Crippen LogP contribution in [0.3, 0.4) is 0 Å². The average Bonchev–Trinajstić information content (AvgIpc) is 1.95. The summed E-state index contributed by atoms with van der Waals surface area (Å²) in [7, 11) is 0. The van der Waals surface area contributed by atoms with Crippen LogP contribution in [-0.4, -0.2) is 224 Å². The second-order valence-electron chi connectivity index (χ2n) is 21.2. The minimum absolute atomic E-state index is 0.0215. The standard InChI is InChI=1S/C56H83N3O27S3/c1-29(60)75-22-44-50(81-35(7)66)53(84-38(10)69)47(78-32(4)63)41(87-44)16-13-19-72-26-56(25-58-59-57,27-73-20-14-17-42-48(79-33(5)64)54(85-39(11)70)51(82-36(8)67)45(88-42)23-76-30(2)61)28-74-21-15-18-43-49(80-34(6)65)55(86-40(12)71)52(83-37(9)68)46(89-43)24-77-31(3)62/h41-55H,13-28H2,1-12H3/t41-,42-,43-,44+,45+,46+,47-,48-,49-,50+,51+,52+,53+,54+,55+/m0/s1. The Kier molecular flexibility index (Phi) is 34.0. The maximum Gasteiger partial charge on any atom is 0.303 e. The third-order valence-corrected chi connectivity index (χ3v) is 18.1. The van der Waals surface area contributed by atoms with Crippen molar-refractivity contribution in [2.45, 2.75) is 208 Å². The van der Waals surface area contributed by atoms with E-state index in [1.807, 2.05) is 0 Å². The number of esters is 12. The number of hydrogen-bond acceptors (Lipinski definition) is 31. The van der Waals surface area contributed by atoms with Crippen LogP contribution < -0.4 is 0 Å². The molecule has 0 spiro atoms. The summed E-state index contributed by atoms with van der Waals surface area (Å²) in [5.41, 5.74) is 8.49. The minimum atomic E-state index is -1.29. The van der Waals surface area contributed by atoms with Gasteiger partial charge in [-0.25, -0.2) is 0 Å². The topological polar surface area (TPSA) is 392 Å². The van der Waals surface area contributed by atoms with Crippen molar-refractivity contribution in [3.05, 3.63) is 10.4 Å². The first kappa shape index (κ1) is 77.1. The van der Waals surface area contributed by atoms with Gasteiger partial charge in [0.1, 0.15) is 19.8 Å². The number of carbonyl (C=O) groups is 12. The van der Waals surface area contributed by atoms with E-state index in [2.05, 4.69) is 10.0 Å². The van der Waals surface area contributed by atoms with Gasteiger partial charge in [-0.2, -0.15) is 0 Å². The Balaban J connectivity index is 1.97. The zero-order chi connectivity index (χ0) is 66.5. The van der Waals surface area contributed by atoms with Gasteiger partial charge in [0.25, 0.3) is 0 Å². The van der Waals surface area contributed by atoms with E-state index in [9.17, 15) is 63.1 Å². The Hall–Kier alpha value is -6.12. The Bertz CT molecular complexity index is 2240. The first-order chi connectivity index (χ1) is 41.9. The van der Waals surface area contributed by atoms with E-state index in [0.717, 1.165) is 62.3 Å². The van der Waals surface area contributed by atoms with Crippen LogP contribution in [0.15, 0.2) is 5.11 Å². The van der Waals surface area contributed by atoms with Crippen LogP contribution in [0.2, 0.25) is 0 Å². The predicted molar refractivity (Wildman–Crippen MR) is 312 cm³/mol. The quantitative estimate of drug-likeness (QED) is 0.0214. The van der Waals surface area contributed by atoms with Crippen LogP contribution in [0.1, 0.15) is 122 Å². The third kappa shape index (κ3) is 27.9. The highest BCUT2D eigenvalue weighted by Gasteiger charge is 2.54. The van der Waals surface area contributed by atoms with Crippen molar-refractivity contribution >= 4 is 107 Å². The highest BCUT2D eigenvalue weighted by Crippen LogP contribution is 2.43. The smallest absolute Gasteiger partial charge is 0.303 e. The summed E-state index contributed by atoms with van der Waals surface area (Å²) in [5.74, 6) is -8.50. The number of thioether (sulfide) groups is 3. The summed E-state index contributed by atoms with van der Waals surface area (Å²) in [6.07, 6.45) is -9.33. The highest BCUT2D eigenvalue weighted by atomic mass is 32.2. The second kappa shape index (κ2) is 39.2. The maximum absolute atomic E-state index is 12.5. The summed E-state index contributed by atoms with van der Waals surface area (Å²) >= 11 is 3.61. The monoisotopic (exact) mass is 1330 g/mol. The molecule has 15 atom stereocenters. The molecular weight excluding hydrogens is 1240 g/mol. The highest BCUT2D eigenvalue weighted by molar-refractivity contribution is 8.01. The lowest BCUT2D eigenvalue weighted by molar-refractivity contribution is -0.186. The molecule has 0 bridgehead atoms. The van der Waals surface area contributed by atoms with Gasteiger partial charge in [0.05, 0.1) is 35.6 Å². The first-order valence-corrected chi connectivity index (χ1v) is 31.4. The lowest BCUT2D eigenvalue weighted by Gasteiger charge is -2.44. The first-order valence-electron chi connectivity index (χ1n) is 28.6. The molecule has 0 aromatic carbocycles. The van der Waals surface area contributed by atoms with Gasteiger partial charge >= 0.3 is 71.6 Å². The van der Waals surface area contributed by atoms with Gasteiger partial charge in [-0.3, -0.25) is 57.5 Å². The van der Waals surface area contributed by atoms with Gasteiger partial charge in [0.2, 0.25) is 0 Å². The fraction of sp³-hybridized carbons (Fsp3) is 0.786. The molecule has 3 rings (SSSR count). The molecule has 3 saturated heterocycles. The van der Waals surface area contributed by atoms with Crippen LogP contribution >= 0.6 is 35.3 Å². The van der Waals surface area contributed by atoms with Crippen molar-refractivity contribution in [3.63, 3.8) is 0 Å². The molecule has 502 valence electrons. The summed E-state index contributed by atoms with van der Waals surface area (Å²) in [6, 6.07) is 0. The van der Waals surface area contributed by atoms with Crippen LogP contribution in [0.4, 0.5) is 0 Å². The van der Waals surface area contributed by atoms with Gasteiger partial charge < -0.3 is 71.1 Å². The van der Waals surface area contributed by atoms with E-state index in [4.69, 9.17) is 71.1 Å². The molecule has 33 heteroatoms. The molecule has 3 aliphatic heterocycles. The number of hydrogen-bond donors (Lipinski definition) is 0. The molecule has 0 amide bonds. The Morgan fingerprint density at radius 2 is 0.551 bits per heavy atom. The number of nitrogens with zero attached hydrogens (tertiary/aromatic N) is 3. The third-order valence-electron chi connectivity index (χ3n) is 13.3. The SMILES string of the molecule is CC(=O)OC[C@H]1S[C@@H](CCCOCC(CN=[N+]=[N-])(COCCC[C@@H]2S[C@H](COC(C)=O)[C@@H](OC(C)=O)[C@H](OC(C)=O)[C@H]2OC(C)=O)COCCC[C@@H]2S[C@H](COC(C)=O)[C@@H](OC(C)=O)[C@H](OC(C)=O)[C@H]2OC(C)=O)[C@H](OC(C)=O)[C@@H](OC(C)=O)[C@@H]1OC(C)=O.